The lowest BCUT2D eigenvalue weighted by Crippen LogP contribution is -2.42. The van der Waals surface area contributed by atoms with E-state index in [1.165, 1.54) is 0 Å². The molecule has 0 fully saturated rings. The highest BCUT2D eigenvalue weighted by Gasteiger charge is 2.43. The summed E-state index contributed by atoms with van der Waals surface area (Å²) >= 11 is 0. The van der Waals surface area contributed by atoms with Crippen molar-refractivity contribution >= 4 is 35.6 Å². The van der Waals surface area contributed by atoms with Crippen LogP contribution in [0.15, 0.2) is 54.6 Å². The number of carboxylic acid groups (broad SMARTS) is 2. The molecule has 2 rings (SSSR count). The zero-order valence-electron chi connectivity index (χ0n) is 31.0. The number of carboxylic acids is 2. The summed E-state index contributed by atoms with van der Waals surface area (Å²) in [6, 6.07) is 15.1. The maximum atomic E-state index is 13.5. The van der Waals surface area contributed by atoms with Crippen LogP contribution in [0.3, 0.4) is 0 Å². The molecule has 286 valence electrons. The summed E-state index contributed by atoms with van der Waals surface area (Å²) in [7, 11) is 0. The number of hydrogen-bond acceptors (Lipinski definition) is 11. The fraction of sp³-hybridized carbons (Fsp3) is 0.538. The van der Waals surface area contributed by atoms with Crippen LogP contribution in [-0.4, -0.2) is 94.8 Å². The van der Waals surface area contributed by atoms with Crippen molar-refractivity contribution in [1.29, 1.82) is 0 Å². The number of rotatable bonds is 23. The normalized spacial score (nSPS) is 14.4. The highest BCUT2D eigenvalue weighted by molar-refractivity contribution is 6.09. The predicted molar refractivity (Wildman–Crippen MR) is 191 cm³/mol. The van der Waals surface area contributed by atoms with Gasteiger partial charge in [-0.1, -0.05) is 57.5 Å². The molecule has 0 heterocycles. The van der Waals surface area contributed by atoms with Crippen molar-refractivity contribution in [3.8, 4) is 5.75 Å². The van der Waals surface area contributed by atoms with Crippen molar-refractivity contribution in [2.45, 2.75) is 79.8 Å². The Morgan fingerprint density at radius 2 is 1.37 bits per heavy atom. The molecule has 0 radical (unpaired) electrons. The average Bonchev–Trinajstić information content (AvgIpc) is 3.09. The molecule has 13 nitrogen and oxygen atoms in total. The molecule has 4 unspecified atom stereocenters. The van der Waals surface area contributed by atoms with Gasteiger partial charge in [0.2, 0.25) is 0 Å². The number of carbonyl (C=O) groups excluding carboxylic acids is 4. The predicted octanol–water partition coefficient (Wildman–Crippen LogP) is 5.02. The zero-order valence-corrected chi connectivity index (χ0v) is 31.0. The van der Waals surface area contributed by atoms with E-state index in [-0.39, 0.29) is 43.9 Å². The fourth-order valence-electron chi connectivity index (χ4n) is 5.77. The van der Waals surface area contributed by atoms with Gasteiger partial charge in [-0.3, -0.25) is 33.7 Å². The number of aliphatic carboxylic acids is 2. The topological polar surface area (TPSA) is 194 Å². The monoisotopic (exact) mass is 727 g/mol. The first-order valence-electron chi connectivity index (χ1n) is 17.5. The zero-order chi connectivity index (χ0) is 39.1. The first-order valence-corrected chi connectivity index (χ1v) is 17.5. The Labute approximate surface area is 305 Å². The van der Waals surface area contributed by atoms with E-state index in [9.17, 15) is 33.9 Å². The van der Waals surface area contributed by atoms with Crippen LogP contribution in [0.1, 0.15) is 89.6 Å². The largest absolute Gasteiger partial charge is 0.480 e. The van der Waals surface area contributed by atoms with Crippen LogP contribution in [0, 0.1) is 22.7 Å². The van der Waals surface area contributed by atoms with E-state index in [4.69, 9.17) is 24.4 Å². The van der Waals surface area contributed by atoms with Gasteiger partial charge in [0.15, 0.2) is 5.78 Å². The minimum atomic E-state index is -1.37. The van der Waals surface area contributed by atoms with Gasteiger partial charge in [0.25, 0.3) is 0 Å². The first kappa shape index (κ1) is 43.5. The van der Waals surface area contributed by atoms with E-state index >= 15 is 0 Å². The van der Waals surface area contributed by atoms with Gasteiger partial charge in [-0.2, -0.15) is 0 Å². The molecule has 13 heteroatoms. The maximum absolute atomic E-state index is 13.5. The molecule has 0 amide bonds. The lowest BCUT2D eigenvalue weighted by Gasteiger charge is -2.35. The summed E-state index contributed by atoms with van der Waals surface area (Å²) in [6.07, 6.45) is 0.533. The van der Waals surface area contributed by atoms with Crippen molar-refractivity contribution in [2.24, 2.45) is 22.7 Å². The Morgan fingerprint density at radius 3 is 1.90 bits per heavy atom. The smallest absolute Gasteiger partial charge is 0.317 e. The fourth-order valence-corrected chi connectivity index (χ4v) is 5.77. The molecule has 2 aromatic carbocycles. The Kier molecular flexibility index (Phi) is 17.1. The molecule has 0 aliphatic carbocycles. The summed E-state index contributed by atoms with van der Waals surface area (Å²) < 4.78 is 16.7. The number of carbonyl (C=O) groups is 6. The van der Waals surface area contributed by atoms with E-state index in [0.29, 0.717) is 17.5 Å². The molecule has 52 heavy (non-hydrogen) atoms. The second-order valence-corrected chi connectivity index (χ2v) is 14.1. The lowest BCUT2D eigenvalue weighted by molar-refractivity contribution is -0.164. The highest BCUT2D eigenvalue weighted by Crippen LogP contribution is 2.39. The number of aliphatic hydroxyl groups is 1. The molecule has 4 atom stereocenters. The van der Waals surface area contributed by atoms with Crippen LogP contribution in [0.5, 0.6) is 5.75 Å². The third-order valence-corrected chi connectivity index (χ3v) is 9.02. The molecule has 0 bridgehead atoms. The number of unbranched alkanes of at least 4 members (excludes halogenated alkanes) is 1. The van der Waals surface area contributed by atoms with Gasteiger partial charge in [-0.05, 0) is 76.6 Å². The van der Waals surface area contributed by atoms with E-state index in [0.717, 1.165) is 11.3 Å². The van der Waals surface area contributed by atoms with Crippen LogP contribution in [-0.2, 0) is 33.4 Å². The van der Waals surface area contributed by atoms with Crippen molar-refractivity contribution < 1.29 is 58.3 Å². The summed E-state index contributed by atoms with van der Waals surface area (Å²) in [5.41, 5.74) is -1.32. The van der Waals surface area contributed by atoms with Crippen molar-refractivity contribution in [3.05, 3.63) is 65.7 Å². The summed E-state index contributed by atoms with van der Waals surface area (Å²) in [6.45, 7) is 8.59. The minimum Gasteiger partial charge on any atom is -0.480 e. The van der Waals surface area contributed by atoms with Crippen molar-refractivity contribution in [3.63, 3.8) is 0 Å². The number of ketones is 1. The number of aliphatic hydroxyl groups excluding tert-OH is 1. The third-order valence-electron chi connectivity index (χ3n) is 9.02. The van der Waals surface area contributed by atoms with Crippen LogP contribution in [0.2, 0.25) is 0 Å². The standard InChI is InChI=1S/C39H53NO12/c1-7-9-19-50-35(47)31(21-39(6,8-2)37(49)51-25-29(41)22-40(23-32(42)43)24-33(44)45)26(3)20-38(4,5)36(48)52-30-17-15-28(16-18-30)34(46)27-13-11-10-12-14-27/h10-18,26,29,31,41H,7-9,19-25H2,1-6H3,(H,42,43)(H,44,45). The van der Waals surface area contributed by atoms with Gasteiger partial charge >= 0.3 is 29.8 Å². The molecule has 0 saturated heterocycles. The summed E-state index contributed by atoms with van der Waals surface area (Å²) in [5, 5.41) is 28.6. The number of hydrogen-bond donors (Lipinski definition) is 3. The van der Waals surface area contributed by atoms with Gasteiger partial charge in [0.05, 0.1) is 36.4 Å². The van der Waals surface area contributed by atoms with Crippen molar-refractivity contribution in [2.75, 3.05) is 32.8 Å². The van der Waals surface area contributed by atoms with E-state index < -0.39 is 78.3 Å². The summed E-state index contributed by atoms with van der Waals surface area (Å²) in [4.78, 5) is 76.4. The van der Waals surface area contributed by atoms with E-state index in [1.54, 1.807) is 83.1 Å². The average molecular weight is 728 g/mol. The molecular weight excluding hydrogens is 674 g/mol. The van der Waals surface area contributed by atoms with Gasteiger partial charge in [-0.15, -0.1) is 0 Å². The second-order valence-electron chi connectivity index (χ2n) is 14.1. The Bertz CT molecular complexity index is 1490. The molecule has 3 N–H and O–H groups in total. The molecular formula is C39H53NO12. The molecule has 0 aromatic heterocycles. The second kappa shape index (κ2) is 20.4. The SMILES string of the molecule is CCCCOC(=O)C(CC(C)(CC)C(=O)OCC(O)CN(CC(=O)O)CC(=O)O)C(C)CC(C)(C)C(=O)Oc1ccc(C(=O)c2ccccc2)cc1. The molecule has 0 aliphatic rings. The molecule has 0 aliphatic heterocycles. The number of esters is 3. The summed E-state index contributed by atoms with van der Waals surface area (Å²) in [5.74, 6) is -5.53. The number of ether oxygens (including phenoxy) is 3. The Balaban J connectivity index is 2.16. The Morgan fingerprint density at radius 1 is 0.788 bits per heavy atom. The van der Waals surface area contributed by atoms with Crippen molar-refractivity contribution in [1.82, 2.24) is 4.90 Å². The van der Waals surface area contributed by atoms with E-state index in [2.05, 4.69) is 0 Å². The Hall–Kier alpha value is -4.62. The molecule has 0 spiro atoms. The molecule has 2 aromatic rings. The van der Waals surface area contributed by atoms with Gasteiger partial charge in [0.1, 0.15) is 18.5 Å². The number of benzene rings is 2. The maximum Gasteiger partial charge on any atom is 0.317 e. The van der Waals surface area contributed by atoms with Crippen LogP contribution < -0.4 is 4.74 Å². The van der Waals surface area contributed by atoms with Crippen LogP contribution in [0.25, 0.3) is 0 Å². The molecule has 0 saturated carbocycles. The van der Waals surface area contributed by atoms with Crippen LogP contribution in [0.4, 0.5) is 0 Å². The van der Waals surface area contributed by atoms with Gasteiger partial charge in [-0.25, -0.2) is 0 Å². The third kappa shape index (κ3) is 13.8. The number of nitrogens with zero attached hydrogens (tertiary/aromatic N) is 1. The first-order chi connectivity index (χ1) is 24.4. The minimum absolute atomic E-state index is 0.0107. The highest BCUT2D eigenvalue weighted by atomic mass is 16.5. The lowest BCUT2D eigenvalue weighted by atomic mass is 9.71. The van der Waals surface area contributed by atoms with Gasteiger partial charge < -0.3 is 29.5 Å². The van der Waals surface area contributed by atoms with E-state index in [1.807, 2.05) is 13.0 Å². The van der Waals surface area contributed by atoms with Gasteiger partial charge in [0, 0.05) is 17.7 Å². The quantitative estimate of drug-likeness (QED) is 0.0599. The van der Waals surface area contributed by atoms with Crippen LogP contribution >= 0.6 is 0 Å².